The Hall–Kier alpha value is -1.98. The van der Waals surface area contributed by atoms with Gasteiger partial charge in [-0.05, 0) is 31.2 Å². The molecule has 1 aromatic carbocycles. The highest BCUT2D eigenvalue weighted by Crippen LogP contribution is 2.27. The van der Waals surface area contributed by atoms with Gasteiger partial charge in [0.15, 0.2) is 0 Å². The molecule has 1 aromatic heterocycles. The highest BCUT2D eigenvalue weighted by molar-refractivity contribution is 6.42. The van der Waals surface area contributed by atoms with Crippen LogP contribution in [-0.2, 0) is 4.74 Å². The van der Waals surface area contributed by atoms with Crippen molar-refractivity contribution in [2.24, 2.45) is 0 Å². The summed E-state index contributed by atoms with van der Waals surface area (Å²) in [7, 11) is 0. The zero-order chi connectivity index (χ0) is 15.4. The molecule has 21 heavy (non-hydrogen) atoms. The third kappa shape index (κ3) is 3.77. The van der Waals surface area contributed by atoms with Crippen molar-refractivity contribution in [3.8, 4) is 0 Å². The van der Waals surface area contributed by atoms with Gasteiger partial charge in [-0.25, -0.2) is 9.78 Å². The first-order chi connectivity index (χ1) is 10.0. The zero-order valence-electron chi connectivity index (χ0n) is 11.2. The van der Waals surface area contributed by atoms with Crippen LogP contribution in [0, 0.1) is 0 Å². The Labute approximate surface area is 132 Å². The fraction of sp³-hybridized carbons (Fsp3) is 0.143. The van der Waals surface area contributed by atoms with Gasteiger partial charge in [-0.15, -0.1) is 0 Å². The number of aromatic nitrogens is 1. The molecule has 0 saturated heterocycles. The molecule has 7 heteroatoms. The zero-order valence-corrected chi connectivity index (χ0v) is 12.7. The van der Waals surface area contributed by atoms with E-state index in [0.717, 1.165) is 0 Å². The van der Waals surface area contributed by atoms with Crippen LogP contribution in [0.15, 0.2) is 30.5 Å². The Balaban J connectivity index is 2.26. The number of hydrogen-bond acceptors (Lipinski definition) is 5. The molecule has 0 bridgehead atoms. The summed E-state index contributed by atoms with van der Waals surface area (Å²) >= 11 is 11.8. The number of pyridine rings is 1. The lowest BCUT2D eigenvalue weighted by Gasteiger charge is -2.10. The van der Waals surface area contributed by atoms with Crippen LogP contribution in [0.4, 0.5) is 17.2 Å². The van der Waals surface area contributed by atoms with Crippen molar-refractivity contribution in [3.05, 3.63) is 46.1 Å². The third-order valence-corrected chi connectivity index (χ3v) is 3.36. The SMILES string of the molecule is CCOC(=O)c1cc(Nc2ccc(Cl)c(Cl)c2)ncc1N. The lowest BCUT2D eigenvalue weighted by Crippen LogP contribution is -2.09. The number of rotatable bonds is 4. The van der Waals surface area contributed by atoms with Crippen molar-refractivity contribution >= 4 is 46.4 Å². The molecule has 0 aliphatic heterocycles. The predicted molar refractivity (Wildman–Crippen MR) is 84.4 cm³/mol. The van der Waals surface area contributed by atoms with E-state index in [1.165, 1.54) is 12.3 Å². The molecule has 2 rings (SSSR count). The molecule has 0 atom stereocenters. The number of hydrogen-bond donors (Lipinski definition) is 2. The first kappa shape index (κ1) is 15.4. The van der Waals surface area contributed by atoms with Crippen molar-refractivity contribution in [1.29, 1.82) is 0 Å². The topological polar surface area (TPSA) is 77.2 Å². The lowest BCUT2D eigenvalue weighted by molar-refractivity contribution is 0.0527. The Morgan fingerprint density at radius 2 is 2.10 bits per heavy atom. The molecular weight excluding hydrogens is 313 g/mol. The van der Waals surface area contributed by atoms with E-state index in [2.05, 4.69) is 10.3 Å². The second kappa shape index (κ2) is 6.65. The highest BCUT2D eigenvalue weighted by atomic mass is 35.5. The first-order valence-electron chi connectivity index (χ1n) is 6.16. The molecule has 0 radical (unpaired) electrons. The minimum Gasteiger partial charge on any atom is -0.462 e. The number of carbonyl (C=O) groups excluding carboxylic acids is 1. The Morgan fingerprint density at radius 3 is 2.76 bits per heavy atom. The van der Waals surface area contributed by atoms with Crippen molar-refractivity contribution in [1.82, 2.24) is 4.98 Å². The maximum Gasteiger partial charge on any atom is 0.340 e. The van der Waals surface area contributed by atoms with Crippen molar-refractivity contribution in [3.63, 3.8) is 0 Å². The molecule has 0 fully saturated rings. The number of nitrogen functional groups attached to an aromatic ring is 1. The quantitative estimate of drug-likeness (QED) is 0.834. The maximum absolute atomic E-state index is 11.8. The van der Waals surface area contributed by atoms with Crippen LogP contribution < -0.4 is 11.1 Å². The Kier molecular flexibility index (Phi) is 4.88. The minimum absolute atomic E-state index is 0.258. The van der Waals surface area contributed by atoms with Gasteiger partial charge in [0, 0.05) is 5.69 Å². The van der Waals surface area contributed by atoms with Crippen molar-refractivity contribution in [2.75, 3.05) is 17.7 Å². The van der Waals surface area contributed by atoms with Gasteiger partial charge in [0.2, 0.25) is 0 Å². The van der Waals surface area contributed by atoms with E-state index in [9.17, 15) is 4.79 Å². The van der Waals surface area contributed by atoms with E-state index in [4.69, 9.17) is 33.7 Å². The van der Waals surface area contributed by atoms with E-state index in [1.54, 1.807) is 25.1 Å². The van der Waals surface area contributed by atoms with Gasteiger partial charge in [-0.3, -0.25) is 0 Å². The van der Waals surface area contributed by atoms with Gasteiger partial charge in [0.25, 0.3) is 0 Å². The van der Waals surface area contributed by atoms with E-state index < -0.39 is 5.97 Å². The average Bonchev–Trinajstić information content (AvgIpc) is 2.45. The number of nitrogens with two attached hydrogens (primary N) is 1. The summed E-state index contributed by atoms with van der Waals surface area (Å²) in [6.45, 7) is 2.00. The lowest BCUT2D eigenvalue weighted by atomic mass is 10.2. The summed E-state index contributed by atoms with van der Waals surface area (Å²) in [5, 5.41) is 3.90. The first-order valence-corrected chi connectivity index (χ1v) is 6.91. The molecule has 0 unspecified atom stereocenters. The van der Waals surface area contributed by atoms with E-state index in [-0.39, 0.29) is 17.9 Å². The largest absolute Gasteiger partial charge is 0.462 e. The molecule has 0 amide bonds. The molecule has 5 nitrogen and oxygen atoms in total. The van der Waals surface area contributed by atoms with Gasteiger partial charge in [0.1, 0.15) is 5.82 Å². The molecule has 110 valence electrons. The van der Waals surface area contributed by atoms with Gasteiger partial charge in [0.05, 0.1) is 34.1 Å². The maximum atomic E-state index is 11.8. The van der Waals surface area contributed by atoms with E-state index in [0.29, 0.717) is 21.6 Å². The van der Waals surface area contributed by atoms with Crippen LogP contribution in [0.25, 0.3) is 0 Å². The summed E-state index contributed by atoms with van der Waals surface area (Å²) in [5.41, 5.74) is 6.94. The molecule has 0 saturated carbocycles. The summed E-state index contributed by atoms with van der Waals surface area (Å²) in [5.74, 6) is -0.0415. The minimum atomic E-state index is -0.491. The summed E-state index contributed by atoms with van der Waals surface area (Å²) in [6, 6.07) is 6.59. The third-order valence-electron chi connectivity index (χ3n) is 2.62. The van der Waals surface area contributed by atoms with Gasteiger partial charge >= 0.3 is 5.97 Å². The number of anilines is 3. The number of nitrogens with zero attached hydrogens (tertiary/aromatic N) is 1. The monoisotopic (exact) mass is 325 g/mol. The number of esters is 1. The molecule has 0 aliphatic carbocycles. The van der Waals surface area contributed by atoms with E-state index >= 15 is 0 Å². The smallest absolute Gasteiger partial charge is 0.340 e. The van der Waals surface area contributed by atoms with Gasteiger partial charge in [-0.1, -0.05) is 23.2 Å². The van der Waals surface area contributed by atoms with Crippen molar-refractivity contribution < 1.29 is 9.53 Å². The number of nitrogens with one attached hydrogen (secondary N) is 1. The molecule has 0 aliphatic rings. The highest BCUT2D eigenvalue weighted by Gasteiger charge is 2.12. The Morgan fingerprint density at radius 1 is 1.33 bits per heavy atom. The number of halogens is 2. The molecule has 3 N–H and O–H groups in total. The van der Waals surface area contributed by atoms with Crippen LogP contribution in [0.3, 0.4) is 0 Å². The van der Waals surface area contributed by atoms with Crippen molar-refractivity contribution in [2.45, 2.75) is 6.92 Å². The number of ether oxygens (including phenoxy) is 1. The molecule has 2 aromatic rings. The fourth-order valence-corrected chi connectivity index (χ4v) is 1.94. The predicted octanol–water partition coefficient (Wildman–Crippen LogP) is 3.89. The fourth-order valence-electron chi connectivity index (χ4n) is 1.64. The van der Waals surface area contributed by atoms with Crippen LogP contribution in [-0.4, -0.2) is 17.6 Å². The van der Waals surface area contributed by atoms with Gasteiger partial charge < -0.3 is 15.8 Å². The number of benzene rings is 1. The van der Waals surface area contributed by atoms with Crippen LogP contribution >= 0.6 is 23.2 Å². The van der Waals surface area contributed by atoms with Crippen LogP contribution in [0.5, 0.6) is 0 Å². The second-order valence-electron chi connectivity index (χ2n) is 4.13. The molecular formula is C14H13Cl2N3O2. The summed E-state index contributed by atoms with van der Waals surface area (Å²) < 4.78 is 4.94. The summed E-state index contributed by atoms with van der Waals surface area (Å²) in [4.78, 5) is 15.9. The van der Waals surface area contributed by atoms with Crippen LogP contribution in [0.2, 0.25) is 10.0 Å². The summed E-state index contributed by atoms with van der Waals surface area (Å²) in [6.07, 6.45) is 1.39. The normalized spacial score (nSPS) is 10.2. The average molecular weight is 326 g/mol. The number of carbonyl (C=O) groups is 1. The molecule has 1 heterocycles. The van der Waals surface area contributed by atoms with Gasteiger partial charge in [-0.2, -0.15) is 0 Å². The van der Waals surface area contributed by atoms with Crippen LogP contribution in [0.1, 0.15) is 17.3 Å². The standard InChI is InChI=1S/C14H13Cl2N3O2/c1-2-21-14(20)9-6-13(18-7-12(9)17)19-8-3-4-10(15)11(16)5-8/h3-7H,2,17H2,1H3,(H,18,19). The Bertz CT molecular complexity index is 677. The van der Waals surface area contributed by atoms with E-state index in [1.807, 2.05) is 0 Å². The molecule has 0 spiro atoms. The second-order valence-corrected chi connectivity index (χ2v) is 4.95.